The predicted molar refractivity (Wildman–Crippen MR) is 151 cm³/mol. The number of likely N-dealkylation sites (N-methyl/N-ethyl adjacent to an activating group) is 1. The minimum Gasteiger partial charge on any atom is -0.609 e. The van der Waals surface area contributed by atoms with E-state index < -0.39 is 45.9 Å². The first-order valence-electron chi connectivity index (χ1n) is 12.6. The lowest BCUT2D eigenvalue weighted by atomic mass is 9.98. The number of thioether (sulfide) groups is 1. The number of aromatic hydroxyl groups is 1. The summed E-state index contributed by atoms with van der Waals surface area (Å²) in [4.78, 5) is 40.0. The van der Waals surface area contributed by atoms with E-state index in [4.69, 9.17) is 4.74 Å². The van der Waals surface area contributed by atoms with Gasteiger partial charge in [-0.15, -0.1) is 11.8 Å². The second-order valence-electron chi connectivity index (χ2n) is 10.4. The van der Waals surface area contributed by atoms with Crippen LogP contribution >= 0.6 is 11.8 Å². The molecule has 3 N–H and O–H groups in total. The third-order valence-electron chi connectivity index (χ3n) is 5.57. The van der Waals surface area contributed by atoms with Crippen LogP contribution in [-0.2, 0) is 25.5 Å². The highest BCUT2D eigenvalue weighted by atomic mass is 32.2. The molecule has 0 aliphatic rings. The molecule has 0 heterocycles. The summed E-state index contributed by atoms with van der Waals surface area (Å²) in [5, 5.41) is 21.4. The van der Waals surface area contributed by atoms with Crippen LogP contribution in [0.5, 0.6) is 5.75 Å². The standard InChI is InChI=1S/C28H38N2O7S2/c1-18(2)11-12-19(17-38-21-15-13-20(31)14-16-21)25(33)30(35)26(24(32)29-6)39(36)23-10-8-7-9-22(23)27(34)37-28(3,4)5/h7-10,13-16,18-19,26,31,35H,11-12,17H2,1-6H3,(H,29,32)/t19-,26+,39?/m1/s1. The van der Waals surface area contributed by atoms with Gasteiger partial charge in [-0.2, -0.15) is 5.06 Å². The number of hydrogen-bond acceptors (Lipinski definition) is 8. The summed E-state index contributed by atoms with van der Waals surface area (Å²) in [6.45, 7) is 9.11. The molecule has 2 aromatic carbocycles. The van der Waals surface area contributed by atoms with Crippen LogP contribution < -0.4 is 5.32 Å². The van der Waals surface area contributed by atoms with Crippen molar-refractivity contribution >= 4 is 40.7 Å². The first-order valence-corrected chi connectivity index (χ1v) is 14.8. The quantitative estimate of drug-likeness (QED) is 0.109. The molecule has 11 heteroatoms. The van der Waals surface area contributed by atoms with Crippen LogP contribution in [-0.4, -0.2) is 61.5 Å². The molecule has 0 aliphatic heterocycles. The van der Waals surface area contributed by atoms with Crippen molar-refractivity contribution in [2.45, 2.75) is 68.2 Å². The molecule has 0 radical (unpaired) electrons. The highest BCUT2D eigenvalue weighted by Crippen LogP contribution is 2.29. The highest BCUT2D eigenvalue weighted by molar-refractivity contribution is 7.99. The molecule has 0 aromatic heterocycles. The van der Waals surface area contributed by atoms with E-state index >= 15 is 0 Å². The number of nitrogens with zero attached hydrogens (tertiary/aromatic N) is 1. The second kappa shape index (κ2) is 14.6. The summed E-state index contributed by atoms with van der Waals surface area (Å²) in [6.07, 6.45) is 1.12. The number of amides is 2. The molecule has 0 saturated heterocycles. The maximum absolute atomic E-state index is 13.7. The van der Waals surface area contributed by atoms with Crippen LogP contribution in [0, 0.1) is 11.8 Å². The van der Waals surface area contributed by atoms with E-state index in [2.05, 4.69) is 5.32 Å². The number of ether oxygens (including phenoxy) is 1. The normalized spacial score (nSPS) is 13.9. The van der Waals surface area contributed by atoms with Gasteiger partial charge in [0.05, 0.1) is 0 Å². The van der Waals surface area contributed by atoms with E-state index in [1.54, 1.807) is 57.2 Å². The molecule has 214 valence electrons. The number of hydroxylamine groups is 2. The predicted octanol–water partition coefficient (Wildman–Crippen LogP) is 4.59. The van der Waals surface area contributed by atoms with Gasteiger partial charge in [0, 0.05) is 34.8 Å². The monoisotopic (exact) mass is 578 g/mol. The van der Waals surface area contributed by atoms with Gasteiger partial charge in [0.25, 0.3) is 17.2 Å². The molecule has 0 fully saturated rings. The number of benzene rings is 2. The van der Waals surface area contributed by atoms with Gasteiger partial charge in [0.2, 0.25) is 0 Å². The molecule has 0 saturated carbocycles. The number of nitrogens with one attached hydrogen (secondary N) is 1. The summed E-state index contributed by atoms with van der Waals surface area (Å²) >= 11 is -0.957. The van der Waals surface area contributed by atoms with Crippen molar-refractivity contribution in [1.82, 2.24) is 10.4 Å². The Bertz CT molecular complexity index is 1120. The summed E-state index contributed by atoms with van der Waals surface area (Å²) in [6, 6.07) is 12.5. The molecule has 3 atom stereocenters. The average molecular weight is 579 g/mol. The van der Waals surface area contributed by atoms with Crippen molar-refractivity contribution in [3.05, 3.63) is 54.1 Å². The second-order valence-corrected chi connectivity index (χ2v) is 13.0. The van der Waals surface area contributed by atoms with Gasteiger partial charge >= 0.3 is 5.97 Å². The van der Waals surface area contributed by atoms with Gasteiger partial charge in [0.15, 0.2) is 4.90 Å². The zero-order valence-electron chi connectivity index (χ0n) is 23.2. The van der Waals surface area contributed by atoms with Crippen LogP contribution in [0.4, 0.5) is 0 Å². The van der Waals surface area contributed by atoms with Crippen LogP contribution in [0.15, 0.2) is 58.3 Å². The molecule has 39 heavy (non-hydrogen) atoms. The van der Waals surface area contributed by atoms with E-state index in [0.29, 0.717) is 12.8 Å². The highest BCUT2D eigenvalue weighted by Gasteiger charge is 2.43. The number of esters is 1. The third kappa shape index (κ3) is 9.75. The number of carbonyl (C=O) groups excluding carboxylic acids is 3. The summed E-state index contributed by atoms with van der Waals surface area (Å²) in [5.41, 5.74) is -0.844. The number of phenols is 1. The molecule has 2 rings (SSSR count). The number of rotatable bonds is 12. The summed E-state index contributed by atoms with van der Waals surface area (Å²) < 4.78 is 19.2. The van der Waals surface area contributed by atoms with Crippen LogP contribution in [0.3, 0.4) is 0 Å². The Kier molecular flexibility index (Phi) is 12.2. The average Bonchev–Trinajstić information content (AvgIpc) is 2.88. The zero-order valence-corrected chi connectivity index (χ0v) is 24.8. The van der Waals surface area contributed by atoms with Gasteiger partial charge in [0.1, 0.15) is 16.9 Å². The molecule has 2 amide bonds. The molecular formula is C28H38N2O7S2. The Morgan fingerprint density at radius 2 is 1.69 bits per heavy atom. The van der Waals surface area contributed by atoms with Crippen LogP contribution in [0.25, 0.3) is 0 Å². The lowest BCUT2D eigenvalue weighted by Crippen LogP contribution is -2.53. The third-order valence-corrected chi connectivity index (χ3v) is 8.36. The van der Waals surface area contributed by atoms with Crippen molar-refractivity contribution in [3.8, 4) is 5.75 Å². The van der Waals surface area contributed by atoms with E-state index in [9.17, 15) is 29.3 Å². The van der Waals surface area contributed by atoms with Gasteiger partial charge in [-0.3, -0.25) is 14.8 Å². The van der Waals surface area contributed by atoms with E-state index in [1.807, 2.05) is 13.8 Å². The lowest BCUT2D eigenvalue weighted by Gasteiger charge is -2.29. The molecule has 0 aliphatic carbocycles. The molecule has 1 unspecified atom stereocenters. The van der Waals surface area contributed by atoms with Crippen LogP contribution in [0.1, 0.15) is 57.8 Å². The molecule has 0 spiro atoms. The first-order chi connectivity index (χ1) is 18.2. The van der Waals surface area contributed by atoms with Crippen molar-refractivity contribution in [1.29, 1.82) is 0 Å². The number of phenolic OH excluding ortho intramolecular Hbond substituents is 1. The smallest absolute Gasteiger partial charge is 0.343 e. The van der Waals surface area contributed by atoms with E-state index in [0.717, 1.165) is 4.90 Å². The SMILES string of the molecule is CNC(=O)[C@@H](N(O)C(=O)[C@H](CCC(C)C)CSc1ccc(O)cc1)[S+]([O-])c1ccccc1C(=O)OC(C)(C)C. The van der Waals surface area contributed by atoms with Crippen molar-refractivity contribution in [3.63, 3.8) is 0 Å². The van der Waals surface area contributed by atoms with Gasteiger partial charge in [-0.05, 0) is 69.5 Å². The largest absolute Gasteiger partial charge is 0.609 e. The lowest BCUT2D eigenvalue weighted by molar-refractivity contribution is -0.176. The maximum Gasteiger partial charge on any atom is 0.343 e. The maximum atomic E-state index is 13.7. The van der Waals surface area contributed by atoms with Gasteiger partial charge < -0.3 is 19.7 Å². The fourth-order valence-corrected chi connectivity index (χ4v) is 5.99. The minimum absolute atomic E-state index is 0.0280. The first kappa shape index (κ1) is 32.5. The Hall–Kier alpha value is -2.73. The van der Waals surface area contributed by atoms with Crippen LogP contribution in [0.2, 0.25) is 0 Å². The molecular weight excluding hydrogens is 540 g/mol. The minimum atomic E-state index is -2.33. The van der Waals surface area contributed by atoms with E-state index in [-0.39, 0.29) is 32.9 Å². The summed E-state index contributed by atoms with van der Waals surface area (Å²) in [7, 11) is 1.31. The number of carbonyl (C=O) groups is 3. The van der Waals surface area contributed by atoms with Crippen molar-refractivity contribution in [2.75, 3.05) is 12.8 Å². The Morgan fingerprint density at radius 1 is 1.08 bits per heavy atom. The van der Waals surface area contributed by atoms with E-state index in [1.165, 1.54) is 30.9 Å². The fourth-order valence-electron chi connectivity index (χ4n) is 3.54. The zero-order chi connectivity index (χ0) is 29.3. The Labute approximate surface area is 237 Å². The molecule has 9 nitrogen and oxygen atoms in total. The number of hydrogen-bond donors (Lipinski definition) is 3. The summed E-state index contributed by atoms with van der Waals surface area (Å²) in [5.74, 6) is -2.34. The molecule has 0 bridgehead atoms. The van der Waals surface area contributed by atoms with Crippen molar-refractivity contribution < 1.29 is 34.0 Å². The van der Waals surface area contributed by atoms with Crippen molar-refractivity contribution in [2.24, 2.45) is 11.8 Å². The fraction of sp³-hybridized carbons (Fsp3) is 0.464. The topological polar surface area (TPSA) is 139 Å². The Balaban J connectivity index is 2.37. The van der Waals surface area contributed by atoms with Gasteiger partial charge in [-0.1, -0.05) is 32.4 Å². The van der Waals surface area contributed by atoms with Gasteiger partial charge in [-0.25, -0.2) is 4.79 Å². The Morgan fingerprint density at radius 3 is 2.26 bits per heavy atom. The molecule has 2 aromatic rings.